The molecule has 7 nitrogen and oxygen atoms in total. The van der Waals surface area contributed by atoms with E-state index in [4.69, 9.17) is 9.15 Å². The average Bonchev–Trinajstić information content (AvgIpc) is 2.99. The van der Waals surface area contributed by atoms with Gasteiger partial charge in [-0.25, -0.2) is 4.39 Å². The van der Waals surface area contributed by atoms with Crippen LogP contribution in [0.3, 0.4) is 0 Å². The number of carbonyl (C=O) groups excluding carboxylic acids is 1. The highest BCUT2D eigenvalue weighted by molar-refractivity contribution is 5.77. The number of aryl methyl sites for hydroxylation is 1. The van der Waals surface area contributed by atoms with E-state index in [2.05, 4.69) is 15.1 Å². The van der Waals surface area contributed by atoms with Gasteiger partial charge in [-0.2, -0.15) is 0 Å². The van der Waals surface area contributed by atoms with Crippen LogP contribution in [0.1, 0.15) is 11.8 Å². The maximum Gasteiger partial charge on any atom is 0.260 e. The molecule has 2 aromatic rings. The Bertz CT molecular complexity index is 681. The first-order valence-corrected chi connectivity index (χ1v) is 7.77. The molecule has 1 aromatic heterocycles. The Hall–Kier alpha value is -2.48. The number of hydrogen-bond acceptors (Lipinski definition) is 6. The largest absolute Gasteiger partial charge is 0.484 e. The van der Waals surface area contributed by atoms with Crippen LogP contribution in [0.25, 0.3) is 0 Å². The van der Waals surface area contributed by atoms with Crippen LogP contribution in [0.15, 0.2) is 28.7 Å². The summed E-state index contributed by atoms with van der Waals surface area (Å²) >= 11 is 0. The van der Waals surface area contributed by atoms with Gasteiger partial charge >= 0.3 is 0 Å². The Morgan fingerprint density at radius 1 is 1.21 bits per heavy atom. The van der Waals surface area contributed by atoms with Crippen molar-refractivity contribution < 1.29 is 18.3 Å². The van der Waals surface area contributed by atoms with Gasteiger partial charge in [-0.3, -0.25) is 9.69 Å². The lowest BCUT2D eigenvalue weighted by molar-refractivity contribution is -0.135. The molecule has 0 N–H and O–H groups in total. The Labute approximate surface area is 139 Å². The molecule has 0 atom stereocenters. The first-order valence-electron chi connectivity index (χ1n) is 7.77. The van der Waals surface area contributed by atoms with Crippen molar-refractivity contribution in [3.05, 3.63) is 41.9 Å². The fraction of sp³-hybridized carbons (Fsp3) is 0.438. The first kappa shape index (κ1) is 16.4. The van der Waals surface area contributed by atoms with E-state index in [0.717, 1.165) is 13.1 Å². The van der Waals surface area contributed by atoms with E-state index in [0.29, 0.717) is 37.2 Å². The Morgan fingerprint density at radius 3 is 2.54 bits per heavy atom. The second-order valence-electron chi connectivity index (χ2n) is 5.61. The van der Waals surface area contributed by atoms with Crippen molar-refractivity contribution in [2.45, 2.75) is 13.5 Å². The molecular weight excluding hydrogens is 315 g/mol. The number of piperazine rings is 1. The summed E-state index contributed by atoms with van der Waals surface area (Å²) in [6.45, 7) is 5.03. The van der Waals surface area contributed by atoms with Gasteiger partial charge in [0.2, 0.25) is 11.8 Å². The summed E-state index contributed by atoms with van der Waals surface area (Å²) in [5.41, 5.74) is 0. The molecule has 0 radical (unpaired) electrons. The fourth-order valence-electron chi connectivity index (χ4n) is 2.52. The zero-order valence-electron chi connectivity index (χ0n) is 13.4. The third-order valence-corrected chi connectivity index (χ3v) is 3.83. The SMILES string of the molecule is Cc1nnc(CN2CCN(C(=O)COc3ccc(F)cc3)CC2)o1. The van der Waals surface area contributed by atoms with Crippen LogP contribution in [0.5, 0.6) is 5.75 Å². The van der Waals surface area contributed by atoms with Gasteiger partial charge in [0.15, 0.2) is 6.61 Å². The number of rotatable bonds is 5. The molecule has 0 aliphatic carbocycles. The predicted octanol–water partition coefficient (Wildman–Crippen LogP) is 1.24. The summed E-state index contributed by atoms with van der Waals surface area (Å²) in [6.07, 6.45) is 0. The summed E-state index contributed by atoms with van der Waals surface area (Å²) in [7, 11) is 0. The minimum Gasteiger partial charge on any atom is -0.484 e. The molecule has 24 heavy (non-hydrogen) atoms. The van der Waals surface area contributed by atoms with E-state index in [1.807, 2.05) is 0 Å². The monoisotopic (exact) mass is 334 g/mol. The molecule has 2 heterocycles. The van der Waals surface area contributed by atoms with Gasteiger partial charge < -0.3 is 14.1 Å². The molecule has 0 bridgehead atoms. The van der Waals surface area contributed by atoms with Gasteiger partial charge in [-0.05, 0) is 24.3 Å². The van der Waals surface area contributed by atoms with Gasteiger partial charge in [0.1, 0.15) is 11.6 Å². The minimum absolute atomic E-state index is 0.0471. The highest BCUT2D eigenvalue weighted by atomic mass is 19.1. The van der Waals surface area contributed by atoms with Crippen LogP contribution in [0, 0.1) is 12.7 Å². The van der Waals surface area contributed by atoms with Crippen molar-refractivity contribution in [3.8, 4) is 5.75 Å². The molecule has 3 rings (SSSR count). The summed E-state index contributed by atoms with van der Waals surface area (Å²) < 4.78 is 23.6. The third-order valence-electron chi connectivity index (χ3n) is 3.83. The Morgan fingerprint density at radius 2 is 1.92 bits per heavy atom. The zero-order valence-corrected chi connectivity index (χ0v) is 13.4. The molecule has 128 valence electrons. The molecular formula is C16H19FN4O3. The van der Waals surface area contributed by atoms with Crippen molar-refractivity contribution in [2.24, 2.45) is 0 Å². The standard InChI is InChI=1S/C16H19FN4O3/c1-12-18-19-15(24-12)10-20-6-8-21(9-7-20)16(22)11-23-14-4-2-13(17)3-5-14/h2-5H,6-11H2,1H3. The van der Waals surface area contributed by atoms with Crippen molar-refractivity contribution >= 4 is 5.91 Å². The highest BCUT2D eigenvalue weighted by Gasteiger charge is 2.22. The van der Waals surface area contributed by atoms with E-state index in [-0.39, 0.29) is 18.3 Å². The number of amides is 1. The molecule has 0 unspecified atom stereocenters. The van der Waals surface area contributed by atoms with Crippen LogP contribution in [0.2, 0.25) is 0 Å². The normalized spacial score (nSPS) is 15.5. The summed E-state index contributed by atoms with van der Waals surface area (Å²) in [5, 5.41) is 7.78. The molecule has 1 aliphatic rings. The second-order valence-corrected chi connectivity index (χ2v) is 5.61. The maximum atomic E-state index is 12.8. The van der Waals surface area contributed by atoms with Crippen LogP contribution >= 0.6 is 0 Å². The predicted molar refractivity (Wildman–Crippen MR) is 82.8 cm³/mol. The summed E-state index contributed by atoms with van der Waals surface area (Å²) in [5.74, 6) is 1.22. The molecule has 0 saturated carbocycles. The van der Waals surface area contributed by atoms with Gasteiger partial charge in [0.25, 0.3) is 5.91 Å². The van der Waals surface area contributed by atoms with E-state index < -0.39 is 0 Å². The van der Waals surface area contributed by atoms with Gasteiger partial charge in [0, 0.05) is 33.1 Å². The van der Waals surface area contributed by atoms with Crippen LogP contribution < -0.4 is 4.74 Å². The van der Waals surface area contributed by atoms with Crippen molar-refractivity contribution in [1.82, 2.24) is 20.0 Å². The fourth-order valence-corrected chi connectivity index (χ4v) is 2.52. The highest BCUT2D eigenvalue weighted by Crippen LogP contribution is 2.12. The number of halogens is 1. The molecule has 0 spiro atoms. The molecule has 1 saturated heterocycles. The molecule has 8 heteroatoms. The van der Waals surface area contributed by atoms with Gasteiger partial charge in [0.05, 0.1) is 6.54 Å². The van der Waals surface area contributed by atoms with E-state index in [1.165, 1.54) is 24.3 Å². The topological polar surface area (TPSA) is 71.7 Å². The van der Waals surface area contributed by atoms with E-state index >= 15 is 0 Å². The quantitative estimate of drug-likeness (QED) is 0.819. The third kappa shape index (κ3) is 4.29. The average molecular weight is 334 g/mol. The number of benzene rings is 1. The second kappa shape index (κ2) is 7.39. The number of carbonyl (C=O) groups is 1. The minimum atomic E-state index is -0.332. The molecule has 1 aliphatic heterocycles. The smallest absolute Gasteiger partial charge is 0.260 e. The van der Waals surface area contributed by atoms with E-state index in [1.54, 1.807) is 11.8 Å². The number of ether oxygens (including phenoxy) is 1. The van der Waals surface area contributed by atoms with Crippen molar-refractivity contribution in [1.29, 1.82) is 0 Å². The first-order chi connectivity index (χ1) is 11.6. The van der Waals surface area contributed by atoms with E-state index in [9.17, 15) is 9.18 Å². The maximum absolute atomic E-state index is 12.8. The lowest BCUT2D eigenvalue weighted by Crippen LogP contribution is -2.49. The molecule has 1 fully saturated rings. The molecule has 1 amide bonds. The van der Waals surface area contributed by atoms with Crippen LogP contribution in [-0.4, -0.2) is 58.7 Å². The number of aromatic nitrogens is 2. The number of hydrogen-bond donors (Lipinski definition) is 0. The summed E-state index contributed by atoms with van der Waals surface area (Å²) in [4.78, 5) is 16.1. The lowest BCUT2D eigenvalue weighted by Gasteiger charge is -2.33. The Kier molecular flexibility index (Phi) is 5.05. The number of nitrogens with zero attached hydrogens (tertiary/aromatic N) is 4. The van der Waals surface area contributed by atoms with Crippen molar-refractivity contribution in [3.63, 3.8) is 0 Å². The van der Waals surface area contributed by atoms with Gasteiger partial charge in [-0.1, -0.05) is 0 Å². The molecule has 1 aromatic carbocycles. The van der Waals surface area contributed by atoms with Crippen molar-refractivity contribution in [2.75, 3.05) is 32.8 Å². The van der Waals surface area contributed by atoms with Crippen LogP contribution in [0.4, 0.5) is 4.39 Å². The van der Waals surface area contributed by atoms with Crippen LogP contribution in [-0.2, 0) is 11.3 Å². The lowest BCUT2D eigenvalue weighted by atomic mass is 10.3. The Balaban J connectivity index is 1.42. The van der Waals surface area contributed by atoms with Gasteiger partial charge in [-0.15, -0.1) is 10.2 Å². The summed E-state index contributed by atoms with van der Waals surface area (Å²) in [6, 6.07) is 5.62. The zero-order chi connectivity index (χ0) is 16.9.